The average Bonchev–Trinajstić information content (AvgIpc) is 3.45. The van der Waals surface area contributed by atoms with E-state index in [9.17, 15) is 50.3 Å². The SMILES string of the molecule is CC(C)(C[C@H](NC(=O)C(=O)NC12CC1(F)C2)C(=O)N[C@@H](C[C@@H]1CCNC1=O)C(=O)COC(F)(F)F)C(F)F. The van der Waals surface area contributed by atoms with E-state index in [0.717, 1.165) is 13.8 Å². The Balaban J connectivity index is 1.73. The van der Waals surface area contributed by atoms with Crippen LogP contribution in [0, 0.1) is 11.3 Å². The first-order valence-electron chi connectivity index (χ1n) is 11.8. The number of Topliss-reactive ketones (excluding diaryl/α,β-unsaturated/α-hetero) is 1. The van der Waals surface area contributed by atoms with Crippen LogP contribution in [0.15, 0.2) is 0 Å². The number of rotatable bonds is 12. The summed E-state index contributed by atoms with van der Waals surface area (Å²) in [6, 6.07) is -3.54. The van der Waals surface area contributed by atoms with E-state index in [-0.39, 0.29) is 25.8 Å². The zero-order valence-electron chi connectivity index (χ0n) is 20.5. The van der Waals surface area contributed by atoms with Gasteiger partial charge in [-0.2, -0.15) is 0 Å². The van der Waals surface area contributed by atoms with Crippen molar-refractivity contribution >= 4 is 29.4 Å². The highest BCUT2D eigenvalue weighted by molar-refractivity contribution is 6.36. The smallest absolute Gasteiger partial charge is 0.356 e. The Labute approximate surface area is 212 Å². The summed E-state index contributed by atoms with van der Waals surface area (Å²) in [5.74, 6) is -6.58. The third-order valence-corrected chi connectivity index (χ3v) is 7.04. The summed E-state index contributed by atoms with van der Waals surface area (Å²) in [6.45, 7) is 0.864. The average molecular weight is 558 g/mol. The van der Waals surface area contributed by atoms with Gasteiger partial charge in [-0.15, -0.1) is 13.2 Å². The fourth-order valence-corrected chi connectivity index (χ4v) is 4.29. The van der Waals surface area contributed by atoms with Crippen molar-refractivity contribution in [1.82, 2.24) is 21.3 Å². The monoisotopic (exact) mass is 558 g/mol. The molecule has 10 nitrogen and oxygen atoms in total. The molecule has 0 aromatic rings. The minimum absolute atomic E-state index is 0.0138. The molecule has 1 aliphatic heterocycles. The van der Waals surface area contributed by atoms with Gasteiger partial charge in [0, 0.05) is 30.7 Å². The number of ether oxygens (including phenoxy) is 1. The molecular formula is C22H28F6N4O6. The zero-order valence-corrected chi connectivity index (χ0v) is 20.5. The molecule has 3 atom stereocenters. The molecule has 0 spiro atoms. The number of nitrogens with one attached hydrogen (secondary N) is 4. The van der Waals surface area contributed by atoms with E-state index >= 15 is 0 Å². The first-order valence-corrected chi connectivity index (χ1v) is 11.8. The standard InChI is InChI=1S/C22H28F6N4O6/c1-19(2,18(23)24)6-12(31-16(36)17(37)32-21-8-20(21,25)9-21)15(35)30-11(5-10-3-4-29-14(10)34)13(33)7-38-22(26,27)28/h10-12,18H,3-9H2,1-2H3,(H,29,34)(H,30,35)(H,31,36)(H,32,37)/t10-,11-,12-,20?,21?/m0/s1. The molecule has 1 heterocycles. The molecule has 1 saturated heterocycles. The normalized spacial score (nSPS) is 27.6. The number of halogens is 6. The lowest BCUT2D eigenvalue weighted by molar-refractivity contribution is -0.321. The highest BCUT2D eigenvalue weighted by Crippen LogP contribution is 2.73. The lowest BCUT2D eigenvalue weighted by Gasteiger charge is -2.30. The van der Waals surface area contributed by atoms with Crippen molar-refractivity contribution in [2.24, 2.45) is 11.3 Å². The van der Waals surface area contributed by atoms with Crippen LogP contribution in [0.1, 0.15) is 46.0 Å². The van der Waals surface area contributed by atoms with Gasteiger partial charge in [-0.05, 0) is 19.3 Å². The van der Waals surface area contributed by atoms with Crippen molar-refractivity contribution < 1.29 is 55.1 Å². The molecule has 0 radical (unpaired) electrons. The molecule has 0 bridgehead atoms. The van der Waals surface area contributed by atoms with Crippen LogP contribution in [0.2, 0.25) is 0 Å². The summed E-state index contributed by atoms with van der Waals surface area (Å²) in [5, 5.41) is 8.77. The lowest BCUT2D eigenvalue weighted by Crippen LogP contribution is -2.56. The number of hydrogen-bond donors (Lipinski definition) is 4. The number of amides is 4. The maximum absolute atomic E-state index is 13.8. The number of carbonyl (C=O) groups is 5. The van der Waals surface area contributed by atoms with E-state index < -0.39 is 96.3 Å². The van der Waals surface area contributed by atoms with Gasteiger partial charge < -0.3 is 21.3 Å². The first kappa shape index (κ1) is 29.6. The third-order valence-electron chi connectivity index (χ3n) is 7.04. The van der Waals surface area contributed by atoms with Crippen molar-refractivity contribution in [3.63, 3.8) is 0 Å². The quantitative estimate of drug-likeness (QED) is 0.205. The van der Waals surface area contributed by atoms with E-state index in [1.807, 2.05) is 5.32 Å². The largest absolute Gasteiger partial charge is 0.522 e. The maximum Gasteiger partial charge on any atom is 0.522 e. The molecule has 0 aromatic heterocycles. The van der Waals surface area contributed by atoms with Crippen LogP contribution in [-0.4, -0.2) is 78.6 Å². The number of carbonyl (C=O) groups excluding carboxylic acids is 5. The second kappa shape index (κ2) is 10.3. The Morgan fingerprint density at radius 1 is 1.08 bits per heavy atom. The molecule has 4 amide bonds. The molecule has 4 N–H and O–H groups in total. The van der Waals surface area contributed by atoms with Gasteiger partial charge in [0.2, 0.25) is 18.2 Å². The van der Waals surface area contributed by atoms with Crippen LogP contribution < -0.4 is 21.3 Å². The van der Waals surface area contributed by atoms with E-state index in [2.05, 4.69) is 20.7 Å². The molecule has 0 unspecified atom stereocenters. The fourth-order valence-electron chi connectivity index (χ4n) is 4.29. The number of hydrogen-bond acceptors (Lipinski definition) is 6. The van der Waals surface area contributed by atoms with Crippen molar-refractivity contribution in [3.05, 3.63) is 0 Å². The molecule has 3 aliphatic rings. The predicted molar refractivity (Wildman–Crippen MR) is 115 cm³/mol. The van der Waals surface area contributed by atoms with Crippen LogP contribution in [0.3, 0.4) is 0 Å². The molecule has 0 aromatic carbocycles. The van der Waals surface area contributed by atoms with Crippen LogP contribution in [0.4, 0.5) is 26.3 Å². The summed E-state index contributed by atoms with van der Waals surface area (Å²) >= 11 is 0. The Hall–Kier alpha value is -2.91. The summed E-state index contributed by atoms with van der Waals surface area (Å²) in [7, 11) is 0. The van der Waals surface area contributed by atoms with Crippen LogP contribution >= 0.6 is 0 Å². The molecular weight excluding hydrogens is 530 g/mol. The van der Waals surface area contributed by atoms with Crippen LogP contribution in [0.25, 0.3) is 0 Å². The van der Waals surface area contributed by atoms with Crippen molar-refractivity contribution in [2.75, 3.05) is 13.2 Å². The minimum Gasteiger partial charge on any atom is -0.356 e. The van der Waals surface area contributed by atoms with E-state index in [1.165, 1.54) is 0 Å². The second-order valence-corrected chi connectivity index (χ2v) is 10.6. The molecule has 214 valence electrons. The summed E-state index contributed by atoms with van der Waals surface area (Å²) in [5.41, 5.74) is -4.63. The van der Waals surface area contributed by atoms with Gasteiger partial charge in [0.25, 0.3) is 0 Å². The molecule has 2 aliphatic carbocycles. The number of fused-ring (bicyclic) bond motifs is 1. The maximum atomic E-state index is 13.8. The van der Waals surface area contributed by atoms with Gasteiger partial charge in [-0.25, -0.2) is 13.2 Å². The molecule has 38 heavy (non-hydrogen) atoms. The van der Waals surface area contributed by atoms with Crippen LogP contribution in [0.5, 0.6) is 0 Å². The molecule has 3 rings (SSSR count). The minimum atomic E-state index is -5.17. The first-order chi connectivity index (χ1) is 17.4. The third kappa shape index (κ3) is 6.94. The Morgan fingerprint density at radius 3 is 2.16 bits per heavy atom. The lowest BCUT2D eigenvalue weighted by atomic mass is 9.85. The second-order valence-electron chi connectivity index (χ2n) is 10.6. The highest BCUT2D eigenvalue weighted by Gasteiger charge is 2.86. The fraction of sp³-hybridized carbons (Fsp3) is 0.773. The van der Waals surface area contributed by atoms with Crippen molar-refractivity contribution in [1.29, 1.82) is 0 Å². The molecule has 3 fully saturated rings. The number of ketones is 1. The summed E-state index contributed by atoms with van der Waals surface area (Å²) in [4.78, 5) is 62.1. The van der Waals surface area contributed by atoms with Crippen molar-refractivity contribution in [3.8, 4) is 0 Å². The van der Waals surface area contributed by atoms with Crippen LogP contribution in [-0.2, 0) is 28.7 Å². The Bertz CT molecular complexity index is 997. The van der Waals surface area contributed by atoms with Gasteiger partial charge in [0.1, 0.15) is 18.3 Å². The molecule has 16 heteroatoms. The van der Waals surface area contributed by atoms with E-state index in [4.69, 9.17) is 0 Å². The predicted octanol–water partition coefficient (Wildman–Crippen LogP) is 0.640. The Morgan fingerprint density at radius 2 is 1.68 bits per heavy atom. The summed E-state index contributed by atoms with van der Waals surface area (Å²) in [6.07, 6.45) is -9.07. The molecule has 2 saturated carbocycles. The van der Waals surface area contributed by atoms with Gasteiger partial charge in [0.15, 0.2) is 5.78 Å². The van der Waals surface area contributed by atoms with Gasteiger partial charge >= 0.3 is 18.2 Å². The van der Waals surface area contributed by atoms with E-state index in [1.54, 1.807) is 0 Å². The van der Waals surface area contributed by atoms with Gasteiger partial charge in [-0.3, -0.25) is 28.7 Å². The van der Waals surface area contributed by atoms with Crippen molar-refractivity contribution in [2.45, 2.75) is 82.0 Å². The van der Waals surface area contributed by atoms with Gasteiger partial charge in [0.05, 0.1) is 11.6 Å². The number of alkyl halides is 6. The topological polar surface area (TPSA) is 143 Å². The highest BCUT2D eigenvalue weighted by atomic mass is 19.4. The zero-order chi connectivity index (χ0) is 28.7. The Kier molecular flexibility index (Phi) is 8.06. The summed E-state index contributed by atoms with van der Waals surface area (Å²) < 4.78 is 81.8. The van der Waals surface area contributed by atoms with E-state index in [0.29, 0.717) is 0 Å². The van der Waals surface area contributed by atoms with Gasteiger partial charge in [-0.1, -0.05) is 13.8 Å².